The smallest absolute Gasteiger partial charge is 0.227 e. The van der Waals surface area contributed by atoms with Gasteiger partial charge in [-0.1, -0.05) is 54.6 Å². The lowest BCUT2D eigenvalue weighted by molar-refractivity contribution is -0.139. The number of nitrogens with zero attached hydrogens (tertiary/aromatic N) is 3. The molecular formula is C23H19N3O2. The quantitative estimate of drug-likeness (QED) is 0.691. The largest absolute Gasteiger partial charge is 0.471 e. The number of aromatic nitrogens is 1. The zero-order valence-electron chi connectivity index (χ0n) is 15.3. The summed E-state index contributed by atoms with van der Waals surface area (Å²) in [5, 5.41) is 8.78. The van der Waals surface area contributed by atoms with Crippen LogP contribution in [0.25, 0.3) is 11.1 Å². The van der Waals surface area contributed by atoms with Gasteiger partial charge in [0, 0.05) is 12.3 Å². The van der Waals surface area contributed by atoms with Gasteiger partial charge in [-0.2, -0.15) is 5.26 Å². The molecule has 2 aromatic carbocycles. The van der Waals surface area contributed by atoms with Crippen LogP contribution >= 0.6 is 0 Å². The van der Waals surface area contributed by atoms with Crippen molar-refractivity contribution in [2.75, 3.05) is 13.1 Å². The lowest BCUT2D eigenvalue weighted by Gasteiger charge is -2.38. The third-order valence-electron chi connectivity index (χ3n) is 4.77. The normalized spacial score (nSPS) is 13.5. The molecule has 0 spiro atoms. The lowest BCUT2D eigenvalue weighted by atomic mass is 10.0. The summed E-state index contributed by atoms with van der Waals surface area (Å²) < 4.78 is 5.73. The van der Waals surface area contributed by atoms with Gasteiger partial charge >= 0.3 is 0 Å². The molecule has 1 amide bonds. The Morgan fingerprint density at radius 1 is 1.04 bits per heavy atom. The highest BCUT2D eigenvalue weighted by atomic mass is 16.5. The van der Waals surface area contributed by atoms with Crippen LogP contribution in [0.15, 0.2) is 72.9 Å². The summed E-state index contributed by atoms with van der Waals surface area (Å²) in [5.41, 5.74) is 3.81. The number of pyridine rings is 1. The minimum absolute atomic E-state index is 0.0511. The van der Waals surface area contributed by atoms with E-state index in [1.807, 2.05) is 36.4 Å². The van der Waals surface area contributed by atoms with Crippen molar-refractivity contribution in [3.63, 3.8) is 0 Å². The predicted molar refractivity (Wildman–Crippen MR) is 106 cm³/mol. The van der Waals surface area contributed by atoms with Crippen LogP contribution in [0.3, 0.4) is 0 Å². The Bertz CT molecular complexity index is 987. The maximum absolute atomic E-state index is 12.4. The molecule has 0 radical (unpaired) electrons. The van der Waals surface area contributed by atoms with Crippen molar-refractivity contribution in [3.8, 4) is 23.1 Å². The number of nitriles is 1. The summed E-state index contributed by atoms with van der Waals surface area (Å²) in [6.45, 7) is 1.12. The number of ether oxygens (including phenoxy) is 1. The molecule has 3 aromatic rings. The van der Waals surface area contributed by atoms with E-state index in [0.717, 1.165) is 11.1 Å². The molecule has 1 aromatic heterocycles. The van der Waals surface area contributed by atoms with Crippen molar-refractivity contribution in [2.45, 2.75) is 12.5 Å². The van der Waals surface area contributed by atoms with Crippen LogP contribution in [0, 0.1) is 11.3 Å². The molecule has 0 unspecified atom stereocenters. The van der Waals surface area contributed by atoms with Crippen molar-refractivity contribution in [1.29, 1.82) is 5.26 Å². The SMILES string of the molecule is N#Cc1ccc(OC2CN(C(=O)Cc3ccc(-c4ccccc4)cc3)C2)nc1. The molecule has 0 saturated carbocycles. The van der Waals surface area contributed by atoms with E-state index < -0.39 is 0 Å². The third kappa shape index (κ3) is 4.02. The first-order valence-electron chi connectivity index (χ1n) is 9.16. The topological polar surface area (TPSA) is 66.2 Å². The molecule has 0 bridgehead atoms. The summed E-state index contributed by atoms with van der Waals surface area (Å²) in [4.78, 5) is 18.3. The number of rotatable bonds is 5. The minimum Gasteiger partial charge on any atom is -0.471 e. The highest BCUT2D eigenvalue weighted by Gasteiger charge is 2.32. The van der Waals surface area contributed by atoms with Crippen molar-refractivity contribution < 1.29 is 9.53 Å². The Labute approximate surface area is 163 Å². The number of hydrogen-bond donors (Lipinski definition) is 0. The summed E-state index contributed by atoms with van der Waals surface area (Å²) >= 11 is 0. The van der Waals surface area contributed by atoms with E-state index in [1.54, 1.807) is 17.0 Å². The number of hydrogen-bond acceptors (Lipinski definition) is 4. The van der Waals surface area contributed by atoms with Gasteiger partial charge in [0.1, 0.15) is 12.2 Å². The van der Waals surface area contributed by atoms with Gasteiger partial charge in [-0.3, -0.25) is 4.79 Å². The summed E-state index contributed by atoms with van der Waals surface area (Å²) in [5.74, 6) is 0.577. The molecule has 0 atom stereocenters. The van der Waals surface area contributed by atoms with Crippen LogP contribution in [-0.4, -0.2) is 35.0 Å². The lowest BCUT2D eigenvalue weighted by Crippen LogP contribution is -2.56. The highest BCUT2D eigenvalue weighted by Crippen LogP contribution is 2.21. The zero-order chi connectivity index (χ0) is 19.3. The van der Waals surface area contributed by atoms with Crippen LogP contribution in [0.2, 0.25) is 0 Å². The molecule has 4 rings (SSSR count). The first-order valence-corrected chi connectivity index (χ1v) is 9.16. The molecule has 2 heterocycles. The molecule has 138 valence electrons. The second-order valence-electron chi connectivity index (χ2n) is 6.78. The van der Waals surface area contributed by atoms with E-state index >= 15 is 0 Å². The van der Waals surface area contributed by atoms with Crippen LogP contribution in [-0.2, 0) is 11.2 Å². The van der Waals surface area contributed by atoms with Crippen molar-refractivity contribution in [3.05, 3.63) is 84.1 Å². The monoisotopic (exact) mass is 369 g/mol. The third-order valence-corrected chi connectivity index (χ3v) is 4.77. The standard InChI is InChI=1S/C23H19N3O2/c24-13-18-8-11-22(25-14-18)28-21-15-26(16-21)23(27)12-17-6-9-20(10-7-17)19-4-2-1-3-5-19/h1-11,14,21H,12,15-16H2. The fourth-order valence-corrected chi connectivity index (χ4v) is 3.14. The van der Waals surface area contributed by atoms with Crippen molar-refractivity contribution in [2.24, 2.45) is 0 Å². The van der Waals surface area contributed by atoms with E-state index in [2.05, 4.69) is 29.2 Å². The average molecular weight is 369 g/mol. The number of carbonyl (C=O) groups excluding carboxylic acids is 1. The highest BCUT2D eigenvalue weighted by molar-refractivity contribution is 5.80. The van der Waals surface area contributed by atoms with Crippen LogP contribution in [0.4, 0.5) is 0 Å². The number of likely N-dealkylation sites (tertiary alicyclic amines) is 1. The predicted octanol–water partition coefficient (Wildman–Crippen LogP) is 3.45. The van der Waals surface area contributed by atoms with Gasteiger partial charge in [-0.25, -0.2) is 4.98 Å². The molecule has 1 aliphatic rings. The second kappa shape index (κ2) is 7.93. The Balaban J connectivity index is 1.27. The second-order valence-corrected chi connectivity index (χ2v) is 6.78. The molecule has 1 saturated heterocycles. The minimum atomic E-state index is -0.0511. The molecule has 5 heteroatoms. The first-order chi connectivity index (χ1) is 13.7. The Kier molecular flexibility index (Phi) is 5.03. The van der Waals surface area contributed by atoms with Crippen molar-refractivity contribution >= 4 is 5.91 Å². The Morgan fingerprint density at radius 3 is 2.39 bits per heavy atom. The zero-order valence-corrected chi connectivity index (χ0v) is 15.3. The fourth-order valence-electron chi connectivity index (χ4n) is 3.14. The molecule has 28 heavy (non-hydrogen) atoms. The van der Waals surface area contributed by atoms with Crippen molar-refractivity contribution in [1.82, 2.24) is 9.88 Å². The molecule has 1 fully saturated rings. The first kappa shape index (κ1) is 17.7. The Hall–Kier alpha value is -3.65. The van der Waals surface area contributed by atoms with Gasteiger partial charge in [0.2, 0.25) is 11.8 Å². The Morgan fingerprint density at radius 2 is 1.75 bits per heavy atom. The van der Waals surface area contributed by atoms with Gasteiger partial charge in [0.15, 0.2) is 0 Å². The van der Waals surface area contributed by atoms with Gasteiger partial charge < -0.3 is 9.64 Å². The molecular weight excluding hydrogens is 350 g/mol. The molecule has 5 nitrogen and oxygen atoms in total. The number of carbonyl (C=O) groups is 1. The van der Waals surface area contributed by atoms with Gasteiger partial charge in [0.25, 0.3) is 0 Å². The van der Waals surface area contributed by atoms with E-state index in [0.29, 0.717) is 31.0 Å². The van der Waals surface area contributed by atoms with Gasteiger partial charge in [-0.15, -0.1) is 0 Å². The van der Waals surface area contributed by atoms with Gasteiger partial charge in [0.05, 0.1) is 25.1 Å². The average Bonchev–Trinajstić information content (AvgIpc) is 2.72. The maximum Gasteiger partial charge on any atom is 0.227 e. The number of amides is 1. The fraction of sp³-hybridized carbons (Fsp3) is 0.174. The number of benzene rings is 2. The summed E-state index contributed by atoms with van der Waals surface area (Å²) in [6, 6.07) is 23.7. The summed E-state index contributed by atoms with van der Waals surface area (Å²) in [6.07, 6.45) is 1.82. The van der Waals surface area contributed by atoms with Crippen LogP contribution in [0.5, 0.6) is 5.88 Å². The van der Waals surface area contributed by atoms with Crippen LogP contribution in [0.1, 0.15) is 11.1 Å². The van der Waals surface area contributed by atoms with Gasteiger partial charge in [-0.05, 0) is 22.8 Å². The summed E-state index contributed by atoms with van der Waals surface area (Å²) in [7, 11) is 0. The van der Waals surface area contributed by atoms with E-state index in [-0.39, 0.29) is 12.0 Å². The molecule has 1 aliphatic heterocycles. The van der Waals surface area contributed by atoms with E-state index in [1.165, 1.54) is 11.8 Å². The molecule has 0 N–H and O–H groups in total. The van der Waals surface area contributed by atoms with E-state index in [9.17, 15) is 4.79 Å². The maximum atomic E-state index is 12.4. The molecule has 0 aliphatic carbocycles. The van der Waals surface area contributed by atoms with Crippen LogP contribution < -0.4 is 4.74 Å². The van der Waals surface area contributed by atoms with E-state index in [4.69, 9.17) is 10.00 Å².